The number of hydrogen-bond donors (Lipinski definition) is 2. The van der Waals surface area contributed by atoms with Gasteiger partial charge in [0.05, 0.1) is 11.3 Å². The molecule has 0 aromatic carbocycles. The highest BCUT2D eigenvalue weighted by Crippen LogP contribution is 2.24. The SMILES string of the molecule is CCCc1sc(C(=O)NC(CC)CC(=O)O)cc1CC. The zero-order valence-electron chi connectivity index (χ0n) is 12.4. The van der Waals surface area contributed by atoms with E-state index in [1.165, 1.54) is 21.8 Å². The minimum absolute atomic E-state index is 0.0317. The second kappa shape index (κ2) is 8.04. The van der Waals surface area contributed by atoms with Gasteiger partial charge in [-0.15, -0.1) is 11.3 Å². The number of rotatable bonds is 8. The second-order valence-corrected chi connectivity index (χ2v) is 5.98. The highest BCUT2D eigenvalue weighted by Gasteiger charge is 2.18. The molecule has 1 aromatic rings. The molecule has 4 nitrogen and oxygen atoms in total. The van der Waals surface area contributed by atoms with Crippen LogP contribution in [0.25, 0.3) is 0 Å². The molecule has 1 amide bonds. The number of hydrogen-bond acceptors (Lipinski definition) is 3. The summed E-state index contributed by atoms with van der Waals surface area (Å²) in [7, 11) is 0. The average molecular weight is 297 g/mol. The van der Waals surface area contributed by atoms with Crippen molar-refractivity contribution in [3.8, 4) is 0 Å². The number of carboxylic acid groups (broad SMARTS) is 1. The number of aliphatic carboxylic acids is 1. The van der Waals surface area contributed by atoms with Crippen molar-refractivity contribution in [2.45, 2.75) is 58.9 Å². The van der Waals surface area contributed by atoms with Gasteiger partial charge in [0.15, 0.2) is 0 Å². The van der Waals surface area contributed by atoms with Gasteiger partial charge in [0.25, 0.3) is 5.91 Å². The molecule has 0 saturated heterocycles. The third-order valence-corrected chi connectivity index (χ3v) is 4.46. The van der Waals surface area contributed by atoms with Crippen LogP contribution in [-0.4, -0.2) is 23.0 Å². The Morgan fingerprint density at radius 1 is 1.35 bits per heavy atom. The van der Waals surface area contributed by atoms with Gasteiger partial charge in [-0.2, -0.15) is 0 Å². The van der Waals surface area contributed by atoms with E-state index in [4.69, 9.17) is 5.11 Å². The van der Waals surface area contributed by atoms with E-state index in [0.717, 1.165) is 19.3 Å². The van der Waals surface area contributed by atoms with Crippen molar-refractivity contribution in [1.29, 1.82) is 0 Å². The zero-order chi connectivity index (χ0) is 15.1. The van der Waals surface area contributed by atoms with Crippen LogP contribution in [-0.2, 0) is 17.6 Å². The number of amides is 1. The molecule has 1 rings (SSSR count). The molecule has 1 atom stereocenters. The average Bonchev–Trinajstić information content (AvgIpc) is 2.81. The Labute approximate surface area is 124 Å². The molecule has 2 N–H and O–H groups in total. The first-order chi connectivity index (χ1) is 9.51. The van der Waals surface area contributed by atoms with Crippen molar-refractivity contribution < 1.29 is 14.7 Å². The molecule has 5 heteroatoms. The van der Waals surface area contributed by atoms with Crippen molar-refractivity contribution in [3.63, 3.8) is 0 Å². The van der Waals surface area contributed by atoms with Crippen LogP contribution in [0.2, 0.25) is 0 Å². The summed E-state index contributed by atoms with van der Waals surface area (Å²) in [5.41, 5.74) is 1.23. The molecular weight excluding hydrogens is 274 g/mol. The summed E-state index contributed by atoms with van der Waals surface area (Å²) in [6, 6.07) is 1.64. The molecule has 20 heavy (non-hydrogen) atoms. The van der Waals surface area contributed by atoms with Crippen LogP contribution in [0.3, 0.4) is 0 Å². The van der Waals surface area contributed by atoms with Gasteiger partial charge in [-0.05, 0) is 30.9 Å². The van der Waals surface area contributed by atoms with Crippen LogP contribution in [0.4, 0.5) is 0 Å². The smallest absolute Gasteiger partial charge is 0.305 e. The fourth-order valence-electron chi connectivity index (χ4n) is 2.08. The van der Waals surface area contributed by atoms with Gasteiger partial charge in [0.1, 0.15) is 0 Å². The monoisotopic (exact) mass is 297 g/mol. The number of aryl methyl sites for hydroxylation is 2. The number of carboxylic acids is 1. The molecule has 0 fully saturated rings. The third-order valence-electron chi connectivity index (χ3n) is 3.23. The van der Waals surface area contributed by atoms with E-state index < -0.39 is 5.97 Å². The standard InChI is InChI=1S/C15H23NO3S/c1-4-7-12-10(5-2)8-13(20-12)15(19)16-11(6-3)9-14(17)18/h8,11H,4-7,9H2,1-3H3,(H,16,19)(H,17,18). The maximum absolute atomic E-state index is 12.2. The van der Waals surface area contributed by atoms with E-state index in [2.05, 4.69) is 19.2 Å². The minimum atomic E-state index is -0.885. The molecule has 0 aliphatic heterocycles. The van der Waals surface area contributed by atoms with E-state index >= 15 is 0 Å². The van der Waals surface area contributed by atoms with Crippen molar-refractivity contribution in [1.82, 2.24) is 5.32 Å². The van der Waals surface area contributed by atoms with Gasteiger partial charge >= 0.3 is 5.97 Å². The lowest BCUT2D eigenvalue weighted by atomic mass is 10.1. The van der Waals surface area contributed by atoms with Gasteiger partial charge in [0.2, 0.25) is 0 Å². The van der Waals surface area contributed by atoms with Crippen LogP contribution >= 0.6 is 11.3 Å². The van der Waals surface area contributed by atoms with Crippen molar-refractivity contribution in [2.75, 3.05) is 0 Å². The fourth-order valence-corrected chi connectivity index (χ4v) is 3.34. The first-order valence-corrected chi connectivity index (χ1v) is 7.97. The number of carbonyl (C=O) groups excluding carboxylic acids is 1. The largest absolute Gasteiger partial charge is 0.481 e. The molecule has 1 heterocycles. The highest BCUT2D eigenvalue weighted by molar-refractivity contribution is 7.14. The molecule has 112 valence electrons. The second-order valence-electron chi connectivity index (χ2n) is 4.84. The summed E-state index contributed by atoms with van der Waals surface area (Å²) in [5, 5.41) is 11.6. The molecule has 0 aliphatic carbocycles. The molecule has 0 radical (unpaired) electrons. The summed E-state index contributed by atoms with van der Waals surface area (Å²) >= 11 is 1.53. The molecule has 0 saturated carbocycles. The number of nitrogens with one attached hydrogen (secondary N) is 1. The lowest BCUT2D eigenvalue weighted by Gasteiger charge is -2.13. The van der Waals surface area contributed by atoms with Crippen LogP contribution < -0.4 is 5.32 Å². The first kappa shape index (κ1) is 16.7. The first-order valence-electron chi connectivity index (χ1n) is 7.15. The summed E-state index contributed by atoms with van der Waals surface area (Å²) < 4.78 is 0. The van der Waals surface area contributed by atoms with E-state index in [0.29, 0.717) is 11.3 Å². The summed E-state index contributed by atoms with van der Waals surface area (Å²) in [5.74, 6) is -1.04. The van der Waals surface area contributed by atoms with Crippen molar-refractivity contribution in [3.05, 3.63) is 21.4 Å². The van der Waals surface area contributed by atoms with Crippen LogP contribution in [0.15, 0.2) is 6.07 Å². The molecule has 1 aromatic heterocycles. The Kier molecular flexibility index (Phi) is 6.71. The van der Waals surface area contributed by atoms with Crippen LogP contribution in [0.5, 0.6) is 0 Å². The van der Waals surface area contributed by atoms with Crippen LogP contribution in [0, 0.1) is 0 Å². The Bertz CT molecular complexity index is 468. The zero-order valence-corrected chi connectivity index (χ0v) is 13.2. The fraction of sp³-hybridized carbons (Fsp3) is 0.600. The predicted octanol–water partition coefficient (Wildman–Crippen LogP) is 3.25. The number of thiophene rings is 1. The van der Waals surface area contributed by atoms with E-state index in [-0.39, 0.29) is 18.4 Å². The van der Waals surface area contributed by atoms with Crippen molar-refractivity contribution >= 4 is 23.2 Å². The van der Waals surface area contributed by atoms with Gasteiger partial charge in [-0.1, -0.05) is 27.2 Å². The molecule has 0 bridgehead atoms. The van der Waals surface area contributed by atoms with E-state index in [1.807, 2.05) is 13.0 Å². The van der Waals surface area contributed by atoms with Gasteiger partial charge in [-0.25, -0.2) is 0 Å². The highest BCUT2D eigenvalue weighted by atomic mass is 32.1. The maximum atomic E-state index is 12.2. The summed E-state index contributed by atoms with van der Waals surface area (Å²) in [4.78, 5) is 24.9. The predicted molar refractivity (Wildman–Crippen MR) is 81.5 cm³/mol. The molecular formula is C15H23NO3S. The lowest BCUT2D eigenvalue weighted by Crippen LogP contribution is -2.35. The van der Waals surface area contributed by atoms with Gasteiger partial charge in [-0.3, -0.25) is 9.59 Å². The summed E-state index contributed by atoms with van der Waals surface area (Å²) in [6.07, 6.45) is 3.56. The number of carbonyl (C=O) groups is 2. The van der Waals surface area contributed by atoms with E-state index in [1.54, 1.807) is 0 Å². The third kappa shape index (κ3) is 4.63. The normalized spacial score (nSPS) is 12.2. The van der Waals surface area contributed by atoms with Gasteiger partial charge in [0, 0.05) is 10.9 Å². The van der Waals surface area contributed by atoms with Crippen LogP contribution in [0.1, 0.15) is 60.1 Å². The quantitative estimate of drug-likeness (QED) is 0.774. The maximum Gasteiger partial charge on any atom is 0.305 e. The minimum Gasteiger partial charge on any atom is -0.481 e. The molecule has 0 spiro atoms. The molecule has 1 unspecified atom stereocenters. The lowest BCUT2D eigenvalue weighted by molar-refractivity contribution is -0.137. The Morgan fingerprint density at radius 3 is 2.55 bits per heavy atom. The Balaban J connectivity index is 2.78. The molecule has 0 aliphatic rings. The Morgan fingerprint density at radius 2 is 2.05 bits per heavy atom. The summed E-state index contributed by atoms with van der Waals surface area (Å²) in [6.45, 7) is 6.09. The van der Waals surface area contributed by atoms with E-state index in [9.17, 15) is 9.59 Å². The topological polar surface area (TPSA) is 66.4 Å². The Hall–Kier alpha value is -1.36. The van der Waals surface area contributed by atoms with Crippen molar-refractivity contribution in [2.24, 2.45) is 0 Å². The van der Waals surface area contributed by atoms with Gasteiger partial charge < -0.3 is 10.4 Å².